The van der Waals surface area contributed by atoms with Crippen molar-refractivity contribution in [2.24, 2.45) is 0 Å². The van der Waals surface area contributed by atoms with E-state index in [1.807, 2.05) is 0 Å². The molecule has 0 saturated heterocycles. The van der Waals surface area contributed by atoms with Crippen molar-refractivity contribution in [3.05, 3.63) is 52.0 Å². The summed E-state index contributed by atoms with van der Waals surface area (Å²) in [6.07, 6.45) is 0. The fourth-order valence-corrected chi connectivity index (χ4v) is 2.53. The van der Waals surface area contributed by atoms with Crippen molar-refractivity contribution < 1.29 is 19.4 Å². The molecule has 0 saturated carbocycles. The second-order valence-corrected chi connectivity index (χ2v) is 6.11. The molecule has 0 aliphatic rings. The number of halogens is 2. The Morgan fingerprint density at radius 3 is 2.64 bits per heavy atom. The van der Waals surface area contributed by atoms with E-state index in [-0.39, 0.29) is 22.4 Å². The van der Waals surface area contributed by atoms with Gasteiger partial charge in [-0.2, -0.15) is 0 Å². The van der Waals surface area contributed by atoms with Gasteiger partial charge in [0.2, 0.25) is 0 Å². The second-order valence-electron chi connectivity index (χ2n) is 5.27. The van der Waals surface area contributed by atoms with Crippen LogP contribution >= 0.6 is 23.2 Å². The summed E-state index contributed by atoms with van der Waals surface area (Å²) in [6.45, 7) is 2.81. The Morgan fingerprint density at radius 2 is 1.96 bits per heavy atom. The van der Waals surface area contributed by atoms with Crippen molar-refractivity contribution in [1.29, 1.82) is 0 Å². The van der Waals surface area contributed by atoms with Crippen LogP contribution in [0.1, 0.15) is 17.3 Å². The van der Waals surface area contributed by atoms with Crippen LogP contribution in [0.4, 0.5) is 0 Å². The van der Waals surface area contributed by atoms with E-state index in [2.05, 4.69) is 0 Å². The van der Waals surface area contributed by atoms with E-state index in [4.69, 9.17) is 32.7 Å². The number of hydrogen-bond donors (Lipinski definition) is 1. The van der Waals surface area contributed by atoms with Crippen molar-refractivity contribution >= 4 is 29.1 Å². The number of benzene rings is 2. The van der Waals surface area contributed by atoms with Crippen LogP contribution < -0.4 is 9.47 Å². The molecular weight excluding hydrogens is 365 g/mol. The molecule has 0 aliphatic carbocycles. The fourth-order valence-electron chi connectivity index (χ4n) is 2.14. The van der Waals surface area contributed by atoms with E-state index < -0.39 is 0 Å². The molecule has 134 valence electrons. The zero-order valence-electron chi connectivity index (χ0n) is 14.0. The lowest BCUT2D eigenvalue weighted by atomic mass is 10.1. The summed E-state index contributed by atoms with van der Waals surface area (Å²) in [6, 6.07) is 9.94. The third-order valence-corrected chi connectivity index (χ3v) is 3.94. The summed E-state index contributed by atoms with van der Waals surface area (Å²) < 4.78 is 10.9. The van der Waals surface area contributed by atoms with E-state index >= 15 is 0 Å². The molecule has 0 fully saturated rings. The van der Waals surface area contributed by atoms with Gasteiger partial charge in [0.15, 0.2) is 11.5 Å². The van der Waals surface area contributed by atoms with E-state index in [1.165, 1.54) is 17.0 Å². The van der Waals surface area contributed by atoms with E-state index in [0.717, 1.165) is 0 Å². The lowest BCUT2D eigenvalue weighted by molar-refractivity contribution is 0.0773. The molecule has 0 aliphatic heterocycles. The average Bonchev–Trinajstić information content (AvgIpc) is 2.58. The van der Waals surface area contributed by atoms with Crippen molar-refractivity contribution in [1.82, 2.24) is 4.90 Å². The standard InChI is InChI=1S/C18H19Cl2NO4/c1-3-24-16-10-12(9-15(20)17(16)22)18(23)21(2)7-8-25-14-6-4-5-13(19)11-14/h4-6,9-11,22H,3,7-8H2,1-2H3. The molecular formula is C18H19Cl2NO4. The molecule has 25 heavy (non-hydrogen) atoms. The monoisotopic (exact) mass is 383 g/mol. The largest absolute Gasteiger partial charge is 0.503 e. The van der Waals surface area contributed by atoms with Crippen molar-refractivity contribution in [3.63, 3.8) is 0 Å². The third kappa shape index (κ3) is 5.18. The molecule has 2 rings (SSSR count). The summed E-state index contributed by atoms with van der Waals surface area (Å²) in [7, 11) is 1.66. The smallest absolute Gasteiger partial charge is 0.253 e. The maximum atomic E-state index is 12.5. The van der Waals surface area contributed by atoms with Gasteiger partial charge >= 0.3 is 0 Å². The molecule has 0 atom stereocenters. The summed E-state index contributed by atoms with van der Waals surface area (Å²) >= 11 is 11.9. The second kappa shape index (κ2) is 8.83. The quantitative estimate of drug-likeness (QED) is 0.776. The Kier molecular flexibility index (Phi) is 6.79. The van der Waals surface area contributed by atoms with Crippen LogP contribution in [0.5, 0.6) is 17.2 Å². The van der Waals surface area contributed by atoms with Gasteiger partial charge in [-0.25, -0.2) is 0 Å². The van der Waals surface area contributed by atoms with Gasteiger partial charge in [-0.15, -0.1) is 0 Å². The lowest BCUT2D eigenvalue weighted by Crippen LogP contribution is -2.30. The topological polar surface area (TPSA) is 59.0 Å². The van der Waals surface area contributed by atoms with Crippen LogP contribution in [-0.4, -0.2) is 42.7 Å². The molecule has 5 nitrogen and oxygen atoms in total. The zero-order chi connectivity index (χ0) is 18.4. The highest BCUT2D eigenvalue weighted by molar-refractivity contribution is 6.32. The molecule has 0 bridgehead atoms. The number of phenolic OH excluding ortho intramolecular Hbond substituents is 1. The van der Waals surface area contributed by atoms with E-state index in [9.17, 15) is 9.90 Å². The summed E-state index contributed by atoms with van der Waals surface area (Å²) in [4.78, 5) is 14.0. The average molecular weight is 384 g/mol. The number of likely N-dealkylation sites (N-methyl/N-ethyl adjacent to an activating group) is 1. The van der Waals surface area contributed by atoms with Gasteiger partial charge in [-0.05, 0) is 37.3 Å². The number of hydrogen-bond acceptors (Lipinski definition) is 4. The molecule has 2 aromatic carbocycles. The molecule has 0 unspecified atom stereocenters. The van der Waals surface area contributed by atoms with Gasteiger partial charge in [-0.3, -0.25) is 4.79 Å². The maximum Gasteiger partial charge on any atom is 0.253 e. The van der Waals surface area contributed by atoms with Crippen LogP contribution in [0, 0.1) is 0 Å². The van der Waals surface area contributed by atoms with Crippen LogP contribution in [0.25, 0.3) is 0 Å². The highest BCUT2D eigenvalue weighted by atomic mass is 35.5. The Bertz CT molecular complexity index is 752. The number of ether oxygens (including phenoxy) is 2. The minimum absolute atomic E-state index is 0.0675. The van der Waals surface area contributed by atoms with Gasteiger partial charge in [0.25, 0.3) is 5.91 Å². The number of phenols is 1. The molecule has 0 radical (unpaired) electrons. The van der Waals surface area contributed by atoms with Crippen LogP contribution in [0.15, 0.2) is 36.4 Å². The van der Waals surface area contributed by atoms with Crippen molar-refractivity contribution in [3.8, 4) is 17.2 Å². The Balaban J connectivity index is 1.99. The minimum Gasteiger partial charge on any atom is -0.503 e. The number of carbonyl (C=O) groups is 1. The van der Waals surface area contributed by atoms with Gasteiger partial charge in [0.1, 0.15) is 12.4 Å². The minimum atomic E-state index is -0.252. The van der Waals surface area contributed by atoms with Gasteiger partial charge in [0, 0.05) is 17.6 Å². The van der Waals surface area contributed by atoms with Crippen molar-refractivity contribution in [2.45, 2.75) is 6.92 Å². The Labute approximate surface area is 156 Å². The maximum absolute atomic E-state index is 12.5. The first-order valence-electron chi connectivity index (χ1n) is 7.71. The SMILES string of the molecule is CCOc1cc(C(=O)N(C)CCOc2cccc(Cl)c2)cc(Cl)c1O. The van der Waals surface area contributed by atoms with Gasteiger partial charge in [0.05, 0.1) is 18.2 Å². The molecule has 1 N–H and O–H groups in total. The molecule has 1 amide bonds. The number of rotatable bonds is 7. The highest BCUT2D eigenvalue weighted by Crippen LogP contribution is 2.35. The predicted octanol–water partition coefficient (Wildman–Crippen LogP) is 4.25. The van der Waals surface area contributed by atoms with E-state index in [0.29, 0.717) is 36.1 Å². The Morgan fingerprint density at radius 1 is 1.20 bits per heavy atom. The lowest BCUT2D eigenvalue weighted by Gasteiger charge is -2.18. The highest BCUT2D eigenvalue weighted by Gasteiger charge is 2.17. The first-order chi connectivity index (χ1) is 11.9. The third-order valence-electron chi connectivity index (χ3n) is 3.41. The van der Waals surface area contributed by atoms with E-state index in [1.54, 1.807) is 38.2 Å². The number of carbonyl (C=O) groups excluding carboxylic acids is 1. The summed E-state index contributed by atoms with van der Waals surface area (Å²) in [5.74, 6) is 0.395. The van der Waals surface area contributed by atoms with Crippen molar-refractivity contribution in [2.75, 3.05) is 26.8 Å². The van der Waals surface area contributed by atoms with Gasteiger partial charge < -0.3 is 19.5 Å². The molecule has 0 spiro atoms. The molecule has 0 heterocycles. The molecule has 0 aromatic heterocycles. The Hall–Kier alpha value is -2.11. The first-order valence-corrected chi connectivity index (χ1v) is 8.47. The first kappa shape index (κ1) is 19.2. The van der Waals surface area contributed by atoms with Crippen LogP contribution in [0.3, 0.4) is 0 Å². The number of amides is 1. The fraction of sp³-hybridized carbons (Fsp3) is 0.278. The number of aromatic hydroxyl groups is 1. The molecule has 7 heteroatoms. The molecule has 2 aromatic rings. The predicted molar refractivity (Wildman–Crippen MR) is 98.2 cm³/mol. The van der Waals surface area contributed by atoms with Gasteiger partial charge in [-0.1, -0.05) is 29.3 Å². The summed E-state index contributed by atoms with van der Waals surface area (Å²) in [5, 5.41) is 10.5. The normalized spacial score (nSPS) is 10.4. The van der Waals surface area contributed by atoms with Crippen LogP contribution in [-0.2, 0) is 0 Å². The van der Waals surface area contributed by atoms with Crippen LogP contribution in [0.2, 0.25) is 10.0 Å². The number of nitrogens with zero attached hydrogens (tertiary/aromatic N) is 1. The zero-order valence-corrected chi connectivity index (χ0v) is 15.5. The summed E-state index contributed by atoms with van der Waals surface area (Å²) in [5.41, 5.74) is 0.330.